The van der Waals surface area contributed by atoms with Crippen molar-refractivity contribution in [3.63, 3.8) is 0 Å². The van der Waals surface area contributed by atoms with Gasteiger partial charge in [-0.15, -0.1) is 5.10 Å². The standard InChI is InChI=1S/C24H22N4O2/c1-16-11-13-18(14-12-16)23-26-22(27-28(23)19-8-6-7-17(2)15-19)24(29)25-20-9-4-5-10-21(20)30-3/h4-15H,1-3H3,(H,25,29). The van der Waals surface area contributed by atoms with Crippen molar-refractivity contribution >= 4 is 11.6 Å². The number of carbonyl (C=O) groups excluding carboxylic acids is 1. The van der Waals surface area contributed by atoms with Gasteiger partial charge in [0.25, 0.3) is 5.91 Å². The number of aryl methyl sites for hydroxylation is 2. The number of methoxy groups -OCH3 is 1. The fraction of sp³-hybridized carbons (Fsp3) is 0.125. The van der Waals surface area contributed by atoms with E-state index in [2.05, 4.69) is 15.4 Å². The Hall–Kier alpha value is -3.93. The number of para-hydroxylation sites is 2. The highest BCUT2D eigenvalue weighted by molar-refractivity contribution is 6.02. The van der Waals surface area contributed by atoms with Crippen molar-refractivity contribution in [1.29, 1.82) is 0 Å². The van der Waals surface area contributed by atoms with Crippen molar-refractivity contribution in [2.75, 3.05) is 12.4 Å². The Morgan fingerprint density at radius 3 is 2.43 bits per heavy atom. The highest BCUT2D eigenvalue weighted by Gasteiger charge is 2.20. The first-order valence-electron chi connectivity index (χ1n) is 9.60. The highest BCUT2D eigenvalue weighted by atomic mass is 16.5. The molecule has 4 aromatic rings. The van der Waals surface area contributed by atoms with Crippen LogP contribution in [0.25, 0.3) is 17.1 Å². The van der Waals surface area contributed by atoms with E-state index in [-0.39, 0.29) is 5.82 Å². The van der Waals surface area contributed by atoms with Gasteiger partial charge in [0.2, 0.25) is 5.82 Å². The molecule has 3 aromatic carbocycles. The summed E-state index contributed by atoms with van der Waals surface area (Å²) in [6, 6.07) is 23.1. The quantitative estimate of drug-likeness (QED) is 0.524. The molecule has 0 aliphatic carbocycles. The van der Waals surface area contributed by atoms with E-state index in [0.29, 0.717) is 17.3 Å². The first-order chi connectivity index (χ1) is 14.5. The molecule has 0 saturated heterocycles. The van der Waals surface area contributed by atoms with E-state index in [4.69, 9.17) is 4.74 Å². The number of ether oxygens (including phenoxy) is 1. The second-order valence-electron chi connectivity index (χ2n) is 7.03. The van der Waals surface area contributed by atoms with Gasteiger partial charge in [-0.1, -0.05) is 54.1 Å². The maximum Gasteiger partial charge on any atom is 0.295 e. The van der Waals surface area contributed by atoms with Crippen molar-refractivity contribution in [3.05, 3.63) is 89.7 Å². The van der Waals surface area contributed by atoms with Gasteiger partial charge in [0, 0.05) is 5.56 Å². The number of amides is 1. The lowest BCUT2D eigenvalue weighted by atomic mass is 10.1. The van der Waals surface area contributed by atoms with Crippen molar-refractivity contribution in [1.82, 2.24) is 14.8 Å². The predicted octanol–water partition coefficient (Wildman–Crippen LogP) is 4.81. The summed E-state index contributed by atoms with van der Waals surface area (Å²) in [7, 11) is 1.56. The van der Waals surface area contributed by atoms with Gasteiger partial charge < -0.3 is 10.1 Å². The minimum Gasteiger partial charge on any atom is -0.495 e. The van der Waals surface area contributed by atoms with Crippen LogP contribution >= 0.6 is 0 Å². The summed E-state index contributed by atoms with van der Waals surface area (Å²) in [5.41, 5.74) is 4.53. The number of rotatable bonds is 5. The molecule has 0 atom stereocenters. The van der Waals surface area contributed by atoms with Gasteiger partial charge in [-0.2, -0.15) is 0 Å². The van der Waals surface area contributed by atoms with Gasteiger partial charge >= 0.3 is 0 Å². The maximum absolute atomic E-state index is 12.9. The molecule has 0 aliphatic rings. The van der Waals surface area contributed by atoms with Gasteiger partial charge in [-0.3, -0.25) is 4.79 Å². The molecule has 30 heavy (non-hydrogen) atoms. The monoisotopic (exact) mass is 398 g/mol. The summed E-state index contributed by atoms with van der Waals surface area (Å²) >= 11 is 0. The van der Waals surface area contributed by atoms with E-state index in [1.165, 1.54) is 0 Å². The molecule has 0 spiro atoms. The average Bonchev–Trinajstić information content (AvgIpc) is 3.20. The molecule has 4 rings (SSSR count). The molecule has 0 fully saturated rings. The Balaban J connectivity index is 1.76. The molecule has 1 heterocycles. The zero-order valence-corrected chi connectivity index (χ0v) is 17.1. The van der Waals surface area contributed by atoms with Crippen molar-refractivity contribution in [3.8, 4) is 22.8 Å². The van der Waals surface area contributed by atoms with E-state index in [1.807, 2.05) is 74.5 Å². The Labute approximate surface area is 175 Å². The van der Waals surface area contributed by atoms with Crippen LogP contribution in [-0.4, -0.2) is 27.8 Å². The SMILES string of the molecule is COc1ccccc1NC(=O)c1nc(-c2ccc(C)cc2)n(-c2cccc(C)c2)n1. The largest absolute Gasteiger partial charge is 0.495 e. The van der Waals surface area contributed by atoms with Crippen molar-refractivity contribution in [2.45, 2.75) is 13.8 Å². The van der Waals surface area contributed by atoms with Crippen LogP contribution in [0.4, 0.5) is 5.69 Å². The van der Waals surface area contributed by atoms with Gasteiger partial charge in [-0.05, 0) is 43.7 Å². The molecule has 6 heteroatoms. The van der Waals surface area contributed by atoms with E-state index in [0.717, 1.165) is 22.4 Å². The molecule has 6 nitrogen and oxygen atoms in total. The molecule has 0 aliphatic heterocycles. The Morgan fingerprint density at radius 2 is 1.70 bits per heavy atom. The first kappa shape index (κ1) is 19.4. The number of nitrogens with zero attached hydrogens (tertiary/aromatic N) is 3. The maximum atomic E-state index is 12.9. The van der Waals surface area contributed by atoms with Crippen LogP contribution in [0.3, 0.4) is 0 Å². The average molecular weight is 398 g/mol. The number of anilines is 1. The third kappa shape index (κ3) is 3.93. The summed E-state index contributed by atoms with van der Waals surface area (Å²) in [5.74, 6) is 0.853. The number of hydrogen-bond acceptors (Lipinski definition) is 4. The second-order valence-corrected chi connectivity index (χ2v) is 7.03. The third-order valence-corrected chi connectivity index (χ3v) is 4.72. The van der Waals surface area contributed by atoms with E-state index in [9.17, 15) is 4.79 Å². The van der Waals surface area contributed by atoms with Gasteiger partial charge in [0.15, 0.2) is 5.82 Å². The topological polar surface area (TPSA) is 69.0 Å². The molecular weight excluding hydrogens is 376 g/mol. The fourth-order valence-electron chi connectivity index (χ4n) is 3.16. The van der Waals surface area contributed by atoms with Crippen LogP contribution in [0.2, 0.25) is 0 Å². The lowest BCUT2D eigenvalue weighted by Crippen LogP contribution is -2.15. The summed E-state index contributed by atoms with van der Waals surface area (Å²) in [4.78, 5) is 17.5. The Bertz CT molecular complexity index is 1200. The third-order valence-electron chi connectivity index (χ3n) is 4.72. The number of hydrogen-bond donors (Lipinski definition) is 1. The molecule has 0 radical (unpaired) electrons. The molecule has 1 amide bonds. The van der Waals surface area contributed by atoms with E-state index < -0.39 is 5.91 Å². The van der Waals surface area contributed by atoms with Crippen molar-refractivity contribution in [2.24, 2.45) is 0 Å². The van der Waals surface area contributed by atoms with Crippen LogP contribution < -0.4 is 10.1 Å². The number of carbonyl (C=O) groups is 1. The second kappa shape index (κ2) is 8.21. The fourth-order valence-corrected chi connectivity index (χ4v) is 3.16. The summed E-state index contributed by atoms with van der Waals surface area (Å²) in [5, 5.41) is 7.36. The van der Waals surface area contributed by atoms with Crippen molar-refractivity contribution < 1.29 is 9.53 Å². The normalized spacial score (nSPS) is 10.6. The summed E-state index contributed by atoms with van der Waals surface area (Å²) in [6.45, 7) is 4.04. The number of nitrogens with one attached hydrogen (secondary N) is 1. The zero-order chi connectivity index (χ0) is 21.1. The van der Waals surface area contributed by atoms with Crippen LogP contribution in [0.1, 0.15) is 21.7 Å². The lowest BCUT2D eigenvalue weighted by Gasteiger charge is -2.08. The number of benzene rings is 3. The van der Waals surface area contributed by atoms with Gasteiger partial charge in [-0.25, -0.2) is 9.67 Å². The molecule has 0 unspecified atom stereocenters. The molecule has 0 bridgehead atoms. The van der Waals surface area contributed by atoms with Crippen LogP contribution in [-0.2, 0) is 0 Å². The van der Waals surface area contributed by atoms with E-state index in [1.54, 1.807) is 23.9 Å². The number of aromatic nitrogens is 3. The summed E-state index contributed by atoms with van der Waals surface area (Å²) < 4.78 is 7.02. The first-order valence-corrected chi connectivity index (χ1v) is 9.60. The minimum absolute atomic E-state index is 0.0815. The molecule has 1 aromatic heterocycles. The van der Waals surface area contributed by atoms with E-state index >= 15 is 0 Å². The smallest absolute Gasteiger partial charge is 0.295 e. The Morgan fingerprint density at radius 1 is 0.933 bits per heavy atom. The molecular formula is C24H22N4O2. The minimum atomic E-state index is -0.403. The highest BCUT2D eigenvalue weighted by Crippen LogP contribution is 2.25. The molecule has 0 saturated carbocycles. The Kier molecular flexibility index (Phi) is 5.30. The van der Waals surface area contributed by atoms with Gasteiger partial charge in [0.05, 0.1) is 18.5 Å². The van der Waals surface area contributed by atoms with Crippen LogP contribution in [0.15, 0.2) is 72.8 Å². The molecule has 1 N–H and O–H groups in total. The molecule has 150 valence electrons. The van der Waals surface area contributed by atoms with Crippen LogP contribution in [0.5, 0.6) is 5.75 Å². The predicted molar refractivity (Wildman–Crippen MR) is 117 cm³/mol. The van der Waals surface area contributed by atoms with Crippen LogP contribution in [0, 0.1) is 13.8 Å². The summed E-state index contributed by atoms with van der Waals surface area (Å²) in [6.07, 6.45) is 0. The lowest BCUT2D eigenvalue weighted by molar-refractivity contribution is 0.101. The van der Waals surface area contributed by atoms with Gasteiger partial charge in [0.1, 0.15) is 5.75 Å². The zero-order valence-electron chi connectivity index (χ0n) is 17.1.